The molecule has 25 heavy (non-hydrogen) atoms. The molecule has 4 heterocycles. The van der Waals surface area contributed by atoms with Gasteiger partial charge in [0.1, 0.15) is 23.0 Å². The van der Waals surface area contributed by atoms with Crippen molar-refractivity contribution in [2.75, 3.05) is 31.1 Å². The van der Waals surface area contributed by atoms with E-state index in [-0.39, 0.29) is 11.9 Å². The maximum atomic E-state index is 12.7. The Kier molecular flexibility index (Phi) is 5.12. The van der Waals surface area contributed by atoms with Gasteiger partial charge in [-0.25, -0.2) is 9.97 Å². The number of carbonyl (C=O) groups excluding carboxylic acids is 1. The van der Waals surface area contributed by atoms with Gasteiger partial charge in [-0.3, -0.25) is 4.79 Å². The molecule has 0 bridgehead atoms. The fourth-order valence-corrected chi connectivity index (χ4v) is 4.71. The van der Waals surface area contributed by atoms with Gasteiger partial charge < -0.3 is 15.5 Å². The number of rotatable bonds is 5. The largest absolute Gasteiger partial charge is 0.354 e. The zero-order valence-corrected chi connectivity index (χ0v) is 15.2. The lowest BCUT2D eigenvalue weighted by Gasteiger charge is -2.26. The third kappa shape index (κ3) is 3.62. The van der Waals surface area contributed by atoms with E-state index in [9.17, 15) is 4.79 Å². The Balaban J connectivity index is 1.39. The minimum Gasteiger partial charge on any atom is -0.354 e. The molecule has 4 rings (SSSR count). The van der Waals surface area contributed by atoms with E-state index in [2.05, 4.69) is 31.6 Å². The molecule has 2 fully saturated rings. The number of aromatic nitrogens is 2. The molecule has 2 aromatic heterocycles. The van der Waals surface area contributed by atoms with Crippen molar-refractivity contribution >= 4 is 33.3 Å². The number of fused-ring (bicyclic) bond motifs is 1. The first-order valence-corrected chi connectivity index (χ1v) is 10.1. The average Bonchev–Trinajstić information content (AvgIpc) is 3.31. The Morgan fingerprint density at radius 3 is 3.20 bits per heavy atom. The Bertz CT molecular complexity index is 727. The van der Waals surface area contributed by atoms with Crippen molar-refractivity contribution in [3.8, 4) is 0 Å². The number of thiophene rings is 1. The first-order chi connectivity index (χ1) is 12.3. The third-order valence-corrected chi connectivity index (χ3v) is 6.14. The van der Waals surface area contributed by atoms with Gasteiger partial charge in [0.05, 0.1) is 5.39 Å². The van der Waals surface area contributed by atoms with Crippen molar-refractivity contribution in [3.05, 3.63) is 17.8 Å². The molecule has 0 aliphatic carbocycles. The Morgan fingerprint density at radius 1 is 1.36 bits per heavy atom. The van der Waals surface area contributed by atoms with Crippen LogP contribution in [0, 0.1) is 5.92 Å². The second kappa shape index (κ2) is 7.66. The number of nitrogens with one attached hydrogen (secondary N) is 2. The second-order valence-electron chi connectivity index (χ2n) is 6.98. The molecule has 0 spiro atoms. The molecule has 2 unspecified atom stereocenters. The number of carbonyl (C=O) groups is 1. The van der Waals surface area contributed by atoms with Gasteiger partial charge in [-0.05, 0) is 62.6 Å². The minimum absolute atomic E-state index is 0.109. The van der Waals surface area contributed by atoms with Gasteiger partial charge in [-0.1, -0.05) is 0 Å². The predicted molar refractivity (Wildman–Crippen MR) is 101 cm³/mol. The van der Waals surface area contributed by atoms with E-state index in [1.807, 2.05) is 5.38 Å². The normalized spacial score (nSPS) is 23.9. The van der Waals surface area contributed by atoms with Crippen LogP contribution in [0.15, 0.2) is 17.8 Å². The van der Waals surface area contributed by atoms with Crippen LogP contribution in [-0.4, -0.2) is 48.1 Å². The molecule has 2 saturated heterocycles. The van der Waals surface area contributed by atoms with Gasteiger partial charge in [0.25, 0.3) is 0 Å². The molecule has 1 amide bonds. The van der Waals surface area contributed by atoms with Gasteiger partial charge >= 0.3 is 0 Å². The van der Waals surface area contributed by atoms with Crippen LogP contribution in [0.2, 0.25) is 0 Å². The number of hydrogen-bond acceptors (Lipinski definition) is 6. The fourth-order valence-electron chi connectivity index (χ4n) is 3.99. The van der Waals surface area contributed by atoms with E-state index in [1.54, 1.807) is 17.7 Å². The molecule has 2 aromatic rings. The van der Waals surface area contributed by atoms with Crippen LogP contribution in [0.3, 0.4) is 0 Å². The van der Waals surface area contributed by atoms with Crippen LogP contribution >= 0.6 is 11.3 Å². The standard InChI is InChI=1S/C18H25N5OS/c24-17(20-8-5-13-3-1-7-19-11-13)15-4-2-9-23(15)16-14-6-10-25-18(14)22-12-21-16/h6,10,12-13,15,19H,1-5,7-9,11H2,(H,20,24). The summed E-state index contributed by atoms with van der Waals surface area (Å²) >= 11 is 1.62. The molecule has 2 N–H and O–H groups in total. The fraction of sp³-hybridized carbons (Fsp3) is 0.611. The summed E-state index contributed by atoms with van der Waals surface area (Å²) in [6, 6.07) is 1.95. The van der Waals surface area contributed by atoms with Crippen molar-refractivity contribution in [2.45, 2.75) is 38.1 Å². The number of amides is 1. The highest BCUT2D eigenvalue weighted by Crippen LogP contribution is 2.31. The van der Waals surface area contributed by atoms with Crippen LogP contribution in [0.4, 0.5) is 5.82 Å². The Labute approximate surface area is 152 Å². The lowest BCUT2D eigenvalue weighted by molar-refractivity contribution is -0.122. The van der Waals surface area contributed by atoms with E-state index >= 15 is 0 Å². The summed E-state index contributed by atoms with van der Waals surface area (Å²) < 4.78 is 0. The number of nitrogens with zero attached hydrogens (tertiary/aromatic N) is 3. The summed E-state index contributed by atoms with van der Waals surface area (Å²) in [4.78, 5) is 24.7. The third-order valence-electron chi connectivity index (χ3n) is 5.32. The van der Waals surface area contributed by atoms with E-state index in [1.165, 1.54) is 12.8 Å². The molecule has 0 radical (unpaired) electrons. The molecular formula is C18H25N5OS. The maximum absolute atomic E-state index is 12.7. The summed E-state index contributed by atoms with van der Waals surface area (Å²) in [7, 11) is 0. The summed E-state index contributed by atoms with van der Waals surface area (Å²) in [5, 5.41) is 9.69. The summed E-state index contributed by atoms with van der Waals surface area (Å²) in [6.07, 6.45) is 7.12. The molecule has 0 aromatic carbocycles. The zero-order chi connectivity index (χ0) is 17.1. The van der Waals surface area contributed by atoms with E-state index in [4.69, 9.17) is 0 Å². The molecule has 6 nitrogen and oxygen atoms in total. The van der Waals surface area contributed by atoms with Crippen molar-refractivity contribution < 1.29 is 4.79 Å². The van der Waals surface area contributed by atoms with Gasteiger partial charge in [-0.15, -0.1) is 11.3 Å². The second-order valence-corrected chi connectivity index (χ2v) is 7.87. The smallest absolute Gasteiger partial charge is 0.242 e. The quantitative estimate of drug-likeness (QED) is 0.856. The van der Waals surface area contributed by atoms with Crippen LogP contribution in [0.25, 0.3) is 10.2 Å². The lowest BCUT2D eigenvalue weighted by Crippen LogP contribution is -2.44. The SMILES string of the molecule is O=C(NCCC1CCCNC1)C1CCCN1c1ncnc2sccc12. The highest BCUT2D eigenvalue weighted by atomic mass is 32.1. The first-order valence-electron chi connectivity index (χ1n) is 9.26. The summed E-state index contributed by atoms with van der Waals surface area (Å²) in [5.41, 5.74) is 0. The zero-order valence-electron chi connectivity index (χ0n) is 14.4. The summed E-state index contributed by atoms with van der Waals surface area (Å²) in [6.45, 7) is 3.87. The predicted octanol–water partition coefficient (Wildman–Crippen LogP) is 2.17. The maximum Gasteiger partial charge on any atom is 0.242 e. The van der Waals surface area contributed by atoms with E-state index in [0.29, 0.717) is 5.92 Å². The van der Waals surface area contributed by atoms with E-state index < -0.39 is 0 Å². The van der Waals surface area contributed by atoms with Gasteiger partial charge in [0.2, 0.25) is 5.91 Å². The first kappa shape index (κ1) is 16.7. The van der Waals surface area contributed by atoms with Gasteiger partial charge in [0, 0.05) is 13.1 Å². The van der Waals surface area contributed by atoms with Crippen LogP contribution in [0.1, 0.15) is 32.1 Å². The van der Waals surface area contributed by atoms with Crippen LogP contribution in [0.5, 0.6) is 0 Å². The topological polar surface area (TPSA) is 70.2 Å². The monoisotopic (exact) mass is 359 g/mol. The van der Waals surface area contributed by atoms with Crippen molar-refractivity contribution in [1.29, 1.82) is 0 Å². The highest BCUT2D eigenvalue weighted by Gasteiger charge is 2.32. The average molecular weight is 359 g/mol. The van der Waals surface area contributed by atoms with Gasteiger partial charge in [0.15, 0.2) is 0 Å². The number of hydrogen-bond donors (Lipinski definition) is 2. The van der Waals surface area contributed by atoms with Crippen LogP contribution < -0.4 is 15.5 Å². The Hall–Kier alpha value is -1.73. The molecule has 0 saturated carbocycles. The van der Waals surface area contributed by atoms with Crippen molar-refractivity contribution in [2.24, 2.45) is 5.92 Å². The molecule has 7 heteroatoms. The molecule has 2 aliphatic rings. The summed E-state index contributed by atoms with van der Waals surface area (Å²) in [5.74, 6) is 1.74. The van der Waals surface area contributed by atoms with Crippen LogP contribution in [-0.2, 0) is 4.79 Å². The van der Waals surface area contributed by atoms with Crippen molar-refractivity contribution in [1.82, 2.24) is 20.6 Å². The molecule has 2 atom stereocenters. The molecule has 2 aliphatic heterocycles. The van der Waals surface area contributed by atoms with Gasteiger partial charge in [-0.2, -0.15) is 0 Å². The van der Waals surface area contributed by atoms with E-state index in [0.717, 1.165) is 61.5 Å². The highest BCUT2D eigenvalue weighted by molar-refractivity contribution is 7.16. The lowest BCUT2D eigenvalue weighted by atomic mass is 9.96. The molecular weight excluding hydrogens is 334 g/mol. The molecule has 134 valence electrons. The number of anilines is 1. The number of piperidine rings is 1. The minimum atomic E-state index is -0.109. The van der Waals surface area contributed by atoms with Crippen molar-refractivity contribution in [3.63, 3.8) is 0 Å². The Morgan fingerprint density at radius 2 is 2.32 bits per heavy atom.